The van der Waals surface area contributed by atoms with E-state index >= 15 is 0 Å². The summed E-state index contributed by atoms with van der Waals surface area (Å²) in [6.07, 6.45) is 1.52. The maximum absolute atomic E-state index is 13.0. The predicted molar refractivity (Wildman–Crippen MR) is 74.8 cm³/mol. The Bertz CT molecular complexity index is 649. The highest BCUT2D eigenvalue weighted by atomic mass is 35.5. The van der Waals surface area contributed by atoms with Crippen molar-refractivity contribution >= 4 is 23.0 Å². The second-order valence-electron chi connectivity index (χ2n) is 4.34. The topological polar surface area (TPSA) is 93.2 Å². The molecule has 0 aliphatic rings. The Morgan fingerprint density at radius 2 is 2.33 bits per heavy atom. The van der Waals surface area contributed by atoms with E-state index in [-0.39, 0.29) is 23.8 Å². The molecule has 1 heterocycles. The summed E-state index contributed by atoms with van der Waals surface area (Å²) in [6, 6.07) is 4.11. The SMILES string of the molecule is O=[N+]([O-])c1cnn(CC(O)CNc2ccc(F)c(Cl)c2)c1. The van der Waals surface area contributed by atoms with E-state index in [0.29, 0.717) is 5.69 Å². The molecule has 2 rings (SSSR count). The van der Waals surface area contributed by atoms with E-state index in [1.54, 1.807) is 0 Å². The zero-order valence-corrected chi connectivity index (χ0v) is 11.5. The Balaban J connectivity index is 1.87. The van der Waals surface area contributed by atoms with E-state index in [0.717, 1.165) is 6.20 Å². The number of anilines is 1. The van der Waals surface area contributed by atoms with Crippen LogP contribution in [0, 0.1) is 15.9 Å². The van der Waals surface area contributed by atoms with Crippen molar-refractivity contribution in [3.05, 3.63) is 51.5 Å². The molecule has 1 unspecified atom stereocenters. The van der Waals surface area contributed by atoms with Crippen LogP contribution in [0.1, 0.15) is 0 Å². The van der Waals surface area contributed by atoms with E-state index in [2.05, 4.69) is 10.4 Å². The summed E-state index contributed by atoms with van der Waals surface area (Å²) in [5, 5.41) is 27.0. The number of rotatable bonds is 6. The molecular formula is C12H12ClFN4O3. The van der Waals surface area contributed by atoms with Gasteiger partial charge in [0.2, 0.25) is 0 Å². The van der Waals surface area contributed by atoms with Gasteiger partial charge in [-0.2, -0.15) is 5.10 Å². The number of hydrogen-bond donors (Lipinski definition) is 2. The number of aliphatic hydroxyl groups is 1. The molecule has 9 heteroatoms. The molecule has 0 saturated heterocycles. The quantitative estimate of drug-likeness (QED) is 0.629. The summed E-state index contributed by atoms with van der Waals surface area (Å²) >= 11 is 5.64. The third kappa shape index (κ3) is 4.14. The van der Waals surface area contributed by atoms with Crippen molar-refractivity contribution in [1.29, 1.82) is 0 Å². The monoisotopic (exact) mass is 314 g/mol. The first-order valence-corrected chi connectivity index (χ1v) is 6.37. The highest BCUT2D eigenvalue weighted by Crippen LogP contribution is 2.19. The standard InChI is InChI=1S/C12H12ClFN4O3/c13-11-3-8(1-2-12(11)14)15-5-10(19)7-17-6-9(4-16-17)18(20)21/h1-4,6,10,15,19H,5,7H2. The van der Waals surface area contributed by atoms with Gasteiger partial charge in [0, 0.05) is 12.2 Å². The summed E-state index contributed by atoms with van der Waals surface area (Å²) in [4.78, 5) is 9.94. The van der Waals surface area contributed by atoms with Crippen molar-refractivity contribution in [2.45, 2.75) is 12.6 Å². The lowest BCUT2D eigenvalue weighted by Crippen LogP contribution is -2.25. The molecule has 1 aromatic carbocycles. The second kappa shape index (κ2) is 6.51. The van der Waals surface area contributed by atoms with Crippen LogP contribution in [-0.4, -0.2) is 32.5 Å². The van der Waals surface area contributed by atoms with Crippen molar-refractivity contribution in [2.75, 3.05) is 11.9 Å². The van der Waals surface area contributed by atoms with E-state index in [4.69, 9.17) is 11.6 Å². The van der Waals surface area contributed by atoms with E-state index in [1.807, 2.05) is 0 Å². The molecular weight excluding hydrogens is 303 g/mol. The van der Waals surface area contributed by atoms with Gasteiger partial charge in [-0.15, -0.1) is 0 Å². The molecule has 0 fully saturated rings. The van der Waals surface area contributed by atoms with Crippen LogP contribution in [0.15, 0.2) is 30.6 Å². The zero-order valence-electron chi connectivity index (χ0n) is 10.7. The Kier molecular flexibility index (Phi) is 4.71. The number of nitrogens with zero attached hydrogens (tertiary/aromatic N) is 3. The molecule has 0 radical (unpaired) electrons. The molecule has 7 nitrogen and oxygen atoms in total. The smallest absolute Gasteiger partial charge is 0.306 e. The molecule has 0 aliphatic carbocycles. The fraction of sp³-hybridized carbons (Fsp3) is 0.250. The molecule has 0 saturated carbocycles. The fourth-order valence-corrected chi connectivity index (χ4v) is 1.85. The Morgan fingerprint density at radius 3 is 2.95 bits per heavy atom. The molecule has 21 heavy (non-hydrogen) atoms. The Labute approximate surface area is 124 Å². The number of aliphatic hydroxyl groups excluding tert-OH is 1. The average Bonchev–Trinajstić information content (AvgIpc) is 2.89. The third-order valence-corrected chi connectivity index (χ3v) is 2.98. The maximum atomic E-state index is 13.0. The van der Waals surface area contributed by atoms with Gasteiger partial charge in [-0.05, 0) is 18.2 Å². The number of halogens is 2. The molecule has 0 amide bonds. The van der Waals surface area contributed by atoms with Crippen LogP contribution in [0.25, 0.3) is 0 Å². The van der Waals surface area contributed by atoms with Crippen molar-refractivity contribution in [3.63, 3.8) is 0 Å². The second-order valence-corrected chi connectivity index (χ2v) is 4.75. The van der Waals surface area contributed by atoms with Crippen molar-refractivity contribution < 1.29 is 14.4 Å². The van der Waals surface area contributed by atoms with Crippen LogP contribution >= 0.6 is 11.6 Å². The van der Waals surface area contributed by atoms with Crippen LogP contribution < -0.4 is 5.32 Å². The van der Waals surface area contributed by atoms with Crippen LogP contribution in [0.2, 0.25) is 5.02 Å². The first-order valence-electron chi connectivity index (χ1n) is 5.99. The lowest BCUT2D eigenvalue weighted by Gasteiger charge is -2.13. The lowest BCUT2D eigenvalue weighted by molar-refractivity contribution is -0.385. The third-order valence-electron chi connectivity index (χ3n) is 2.69. The average molecular weight is 315 g/mol. The number of aromatic nitrogens is 2. The summed E-state index contributed by atoms with van der Waals surface area (Å²) in [5.41, 5.74) is 0.423. The minimum absolute atomic E-state index is 0.0165. The van der Waals surface area contributed by atoms with Crippen molar-refractivity contribution in [1.82, 2.24) is 9.78 Å². The predicted octanol–water partition coefficient (Wildman–Crippen LogP) is 2.06. The van der Waals surface area contributed by atoms with Gasteiger partial charge in [0.15, 0.2) is 0 Å². The van der Waals surface area contributed by atoms with Crippen LogP contribution in [0.4, 0.5) is 15.8 Å². The minimum Gasteiger partial charge on any atom is -0.389 e. The highest BCUT2D eigenvalue weighted by Gasteiger charge is 2.12. The van der Waals surface area contributed by atoms with Gasteiger partial charge >= 0.3 is 5.69 Å². The van der Waals surface area contributed by atoms with E-state index in [1.165, 1.54) is 29.1 Å². The van der Waals surface area contributed by atoms with Gasteiger partial charge < -0.3 is 10.4 Å². The van der Waals surface area contributed by atoms with Gasteiger partial charge in [-0.3, -0.25) is 14.8 Å². The maximum Gasteiger partial charge on any atom is 0.306 e. The zero-order chi connectivity index (χ0) is 15.4. The summed E-state index contributed by atoms with van der Waals surface area (Å²) < 4.78 is 14.3. The number of nitrogens with one attached hydrogen (secondary N) is 1. The van der Waals surface area contributed by atoms with Gasteiger partial charge in [-0.25, -0.2) is 4.39 Å². The van der Waals surface area contributed by atoms with Crippen LogP contribution in [-0.2, 0) is 6.54 Å². The number of hydrogen-bond acceptors (Lipinski definition) is 5. The molecule has 112 valence electrons. The molecule has 2 aromatic rings. The highest BCUT2D eigenvalue weighted by molar-refractivity contribution is 6.31. The molecule has 0 bridgehead atoms. The first-order chi connectivity index (χ1) is 9.95. The largest absolute Gasteiger partial charge is 0.389 e. The fourth-order valence-electron chi connectivity index (χ4n) is 1.67. The number of nitro groups is 1. The molecule has 1 atom stereocenters. The molecule has 0 aliphatic heterocycles. The Morgan fingerprint density at radius 1 is 1.57 bits per heavy atom. The molecule has 1 aromatic heterocycles. The first kappa shape index (κ1) is 15.2. The summed E-state index contributed by atoms with van der Waals surface area (Å²) in [7, 11) is 0. The van der Waals surface area contributed by atoms with Gasteiger partial charge in [0.1, 0.15) is 18.2 Å². The van der Waals surface area contributed by atoms with Gasteiger partial charge in [0.05, 0.1) is 22.6 Å². The normalized spacial score (nSPS) is 12.1. The lowest BCUT2D eigenvalue weighted by atomic mass is 10.3. The number of benzene rings is 1. The summed E-state index contributed by atoms with van der Waals surface area (Å²) in [5.74, 6) is -0.522. The minimum atomic E-state index is -0.826. The van der Waals surface area contributed by atoms with E-state index in [9.17, 15) is 19.6 Å². The van der Waals surface area contributed by atoms with E-state index < -0.39 is 16.8 Å². The van der Waals surface area contributed by atoms with Crippen LogP contribution in [0.5, 0.6) is 0 Å². The summed E-state index contributed by atoms with van der Waals surface area (Å²) in [6.45, 7) is 0.255. The molecule has 0 spiro atoms. The van der Waals surface area contributed by atoms with Gasteiger partial charge in [-0.1, -0.05) is 11.6 Å². The van der Waals surface area contributed by atoms with Crippen molar-refractivity contribution in [3.8, 4) is 0 Å². The van der Waals surface area contributed by atoms with Gasteiger partial charge in [0.25, 0.3) is 0 Å². The van der Waals surface area contributed by atoms with Crippen LogP contribution in [0.3, 0.4) is 0 Å². The molecule has 2 N–H and O–H groups in total. The Hall–Kier alpha value is -2.19. The van der Waals surface area contributed by atoms with Crippen molar-refractivity contribution in [2.24, 2.45) is 0 Å².